The number of likely N-dealkylation sites (tertiary alicyclic amines) is 1. The molecule has 50 heavy (non-hydrogen) atoms. The lowest BCUT2D eigenvalue weighted by Gasteiger charge is -2.38. The Labute approximate surface area is 304 Å². The zero-order valence-corrected chi connectivity index (χ0v) is 35.0. The normalized spacial score (nSPS) is 18.8. The van der Waals surface area contributed by atoms with Crippen molar-refractivity contribution in [3.05, 3.63) is 52.9 Å². The maximum Gasteiger partial charge on any atom is 0.251 e. The second-order valence-electron chi connectivity index (χ2n) is 17.1. The highest BCUT2D eigenvalue weighted by atomic mass is 32.1. The first-order chi connectivity index (χ1) is 23.0. The Morgan fingerprint density at radius 3 is 2.18 bits per heavy atom. The fourth-order valence-corrected chi connectivity index (χ4v) is 8.94. The molecule has 276 valence electrons. The van der Waals surface area contributed by atoms with E-state index < -0.39 is 34.6 Å². The highest BCUT2D eigenvalue weighted by Gasteiger charge is 2.48. The van der Waals surface area contributed by atoms with Crippen molar-refractivity contribution in [1.82, 2.24) is 20.4 Å². The second-order valence-corrected chi connectivity index (χ2v) is 27.5. The number of carbonyl (C=O) groups is 2. The number of hydrogen-bond donors (Lipinski definition) is 2. The van der Waals surface area contributed by atoms with Crippen LogP contribution in [0.3, 0.4) is 0 Å². The van der Waals surface area contributed by atoms with Crippen LogP contribution < -0.4 is 5.32 Å². The Morgan fingerprint density at radius 1 is 1.06 bits per heavy atom. The van der Waals surface area contributed by atoms with E-state index in [4.69, 9.17) is 13.4 Å². The van der Waals surface area contributed by atoms with Crippen LogP contribution in [0.2, 0.25) is 36.3 Å². The Kier molecular flexibility index (Phi) is 12.0. The van der Waals surface area contributed by atoms with Crippen molar-refractivity contribution in [2.75, 3.05) is 13.2 Å². The number of carbonyl (C=O) groups excluding carboxylic acids is 2. The first kappa shape index (κ1) is 39.9. The van der Waals surface area contributed by atoms with Crippen molar-refractivity contribution in [1.29, 1.82) is 0 Å². The average molecular weight is 743 g/mol. The third kappa shape index (κ3) is 8.95. The van der Waals surface area contributed by atoms with Gasteiger partial charge in [-0.25, -0.2) is 4.98 Å². The van der Waals surface area contributed by atoms with Gasteiger partial charge in [0.15, 0.2) is 22.4 Å². The summed E-state index contributed by atoms with van der Waals surface area (Å²) in [6.45, 7) is 28.3. The van der Waals surface area contributed by atoms with Gasteiger partial charge in [-0.3, -0.25) is 9.59 Å². The van der Waals surface area contributed by atoms with E-state index in [-0.39, 0.29) is 52.1 Å². The largest absolute Gasteiger partial charge is 0.491 e. The number of aromatic hydroxyl groups is 1. The zero-order valence-electron chi connectivity index (χ0n) is 32.2. The van der Waals surface area contributed by atoms with E-state index in [0.717, 1.165) is 21.7 Å². The van der Waals surface area contributed by atoms with Crippen molar-refractivity contribution in [3.8, 4) is 16.3 Å². The molecular weight excluding hydrogens is 685 g/mol. The van der Waals surface area contributed by atoms with E-state index in [2.05, 4.69) is 95.3 Å². The molecule has 10 nitrogen and oxygen atoms in total. The molecule has 13 heteroatoms. The van der Waals surface area contributed by atoms with Crippen molar-refractivity contribution >= 4 is 39.8 Å². The van der Waals surface area contributed by atoms with Crippen molar-refractivity contribution in [2.45, 2.75) is 129 Å². The third-order valence-corrected chi connectivity index (χ3v) is 20.9. The van der Waals surface area contributed by atoms with Gasteiger partial charge >= 0.3 is 0 Å². The monoisotopic (exact) mass is 742 g/mol. The summed E-state index contributed by atoms with van der Waals surface area (Å²) in [5.74, 6) is -1.43. The van der Waals surface area contributed by atoms with Gasteiger partial charge in [0.05, 0.1) is 34.8 Å². The lowest BCUT2D eigenvalue weighted by Crippen LogP contribution is -2.50. The number of nitrogens with one attached hydrogen (secondary N) is 1. The van der Waals surface area contributed by atoms with Crippen LogP contribution in [0.5, 0.6) is 5.88 Å². The maximum absolute atomic E-state index is 14.5. The van der Waals surface area contributed by atoms with Gasteiger partial charge in [-0.05, 0) is 65.4 Å². The number of benzene rings is 1. The Balaban J connectivity index is 1.68. The van der Waals surface area contributed by atoms with Gasteiger partial charge in [-0.2, -0.15) is 0 Å². The number of aromatic nitrogens is 2. The first-order valence-corrected chi connectivity index (χ1v) is 24.3. The molecule has 2 aromatic heterocycles. The van der Waals surface area contributed by atoms with E-state index in [1.165, 1.54) is 6.07 Å². The Morgan fingerprint density at radius 2 is 1.68 bits per heavy atom. The van der Waals surface area contributed by atoms with Crippen LogP contribution in [0.25, 0.3) is 10.4 Å². The van der Waals surface area contributed by atoms with Gasteiger partial charge in [0.1, 0.15) is 12.0 Å². The molecule has 0 saturated carbocycles. The van der Waals surface area contributed by atoms with E-state index in [9.17, 15) is 14.7 Å². The number of nitrogens with zero attached hydrogens (tertiary/aromatic N) is 3. The summed E-state index contributed by atoms with van der Waals surface area (Å²) in [5, 5.41) is 16.8. The second kappa shape index (κ2) is 15.0. The molecule has 1 aliphatic heterocycles. The summed E-state index contributed by atoms with van der Waals surface area (Å²) < 4.78 is 18.9. The molecular formula is C37H58N4O6SSi2. The minimum absolute atomic E-state index is 0.0148. The molecule has 1 aliphatic rings. The fraction of sp³-hybridized carbons (Fsp3) is 0.622. The van der Waals surface area contributed by atoms with Gasteiger partial charge in [-0.15, -0.1) is 11.3 Å². The quantitative estimate of drug-likeness (QED) is 0.177. The Hall–Kier alpha value is -2.85. The maximum atomic E-state index is 14.5. The molecule has 1 aromatic carbocycles. The zero-order chi connectivity index (χ0) is 37.4. The van der Waals surface area contributed by atoms with Gasteiger partial charge in [-0.1, -0.05) is 79.7 Å². The van der Waals surface area contributed by atoms with Gasteiger partial charge in [0.25, 0.3) is 5.88 Å². The van der Waals surface area contributed by atoms with Crippen LogP contribution in [-0.4, -0.2) is 73.9 Å². The predicted octanol–water partition coefficient (Wildman–Crippen LogP) is 8.42. The van der Waals surface area contributed by atoms with E-state index >= 15 is 0 Å². The summed E-state index contributed by atoms with van der Waals surface area (Å²) >= 11 is 1.60. The molecule has 2 amide bonds. The molecule has 0 bridgehead atoms. The topological polar surface area (TPSA) is 127 Å². The number of thiazole rings is 1. The van der Waals surface area contributed by atoms with E-state index in [0.29, 0.717) is 13.0 Å². The molecule has 0 radical (unpaired) electrons. The molecule has 2 N–H and O–H groups in total. The predicted molar refractivity (Wildman–Crippen MR) is 204 cm³/mol. The summed E-state index contributed by atoms with van der Waals surface area (Å²) in [6.07, 6.45) is 0.0612. The van der Waals surface area contributed by atoms with Gasteiger partial charge in [0, 0.05) is 19.0 Å². The van der Waals surface area contributed by atoms with Crippen LogP contribution in [0.4, 0.5) is 0 Å². The van der Waals surface area contributed by atoms with Crippen LogP contribution in [0, 0.1) is 12.8 Å². The van der Waals surface area contributed by atoms with Crippen LogP contribution in [0.1, 0.15) is 90.8 Å². The van der Waals surface area contributed by atoms with Crippen molar-refractivity contribution in [2.24, 2.45) is 5.92 Å². The molecule has 0 aliphatic carbocycles. The van der Waals surface area contributed by atoms with Gasteiger partial charge in [0.2, 0.25) is 11.8 Å². The summed E-state index contributed by atoms with van der Waals surface area (Å²) in [6, 6.07) is 8.37. The molecule has 1 fully saturated rings. The summed E-state index contributed by atoms with van der Waals surface area (Å²) in [5.41, 5.74) is 4.82. The van der Waals surface area contributed by atoms with E-state index in [1.807, 2.05) is 38.4 Å². The molecule has 1 saturated heterocycles. The number of hydrogen-bond acceptors (Lipinski definition) is 9. The highest BCUT2D eigenvalue weighted by Crippen LogP contribution is 2.41. The fourth-order valence-electron chi connectivity index (χ4n) is 5.75. The van der Waals surface area contributed by atoms with Gasteiger partial charge < -0.3 is 28.7 Å². The van der Waals surface area contributed by atoms with Crippen molar-refractivity contribution in [3.63, 3.8) is 0 Å². The minimum atomic E-state index is -2.23. The van der Waals surface area contributed by atoms with Crippen LogP contribution in [0.15, 0.2) is 40.4 Å². The minimum Gasteiger partial charge on any atom is -0.491 e. The lowest BCUT2D eigenvalue weighted by molar-refractivity contribution is -0.141. The van der Waals surface area contributed by atoms with Crippen LogP contribution in [-0.2, 0) is 18.4 Å². The molecule has 4 rings (SSSR count). The third-order valence-electron chi connectivity index (χ3n) is 10.9. The highest BCUT2D eigenvalue weighted by molar-refractivity contribution is 7.13. The molecule has 3 aromatic rings. The number of aryl methyl sites for hydroxylation is 1. The lowest BCUT2D eigenvalue weighted by atomic mass is 9.91. The van der Waals surface area contributed by atoms with Crippen LogP contribution >= 0.6 is 11.3 Å². The summed E-state index contributed by atoms with van der Waals surface area (Å²) in [7, 11) is -4.40. The molecule has 3 heterocycles. The Bertz CT molecular complexity index is 1620. The van der Waals surface area contributed by atoms with E-state index in [1.54, 1.807) is 16.2 Å². The smallest absolute Gasteiger partial charge is 0.251 e. The SMILES string of the molecule is Cc1ncsc1-c1ccc([C@H](CO[Si](C)(C)C(C)(C)C)NC(=O)[C@@H]2C[C@@H](O[Si](C)(C)C(C)(C)C)CN2C(=O)C(c2cc(O)no2)C(C)C)cc1. The number of amides is 2. The van der Waals surface area contributed by atoms with Crippen molar-refractivity contribution < 1.29 is 28.1 Å². The number of rotatable bonds is 12. The molecule has 4 atom stereocenters. The molecule has 0 spiro atoms. The summed E-state index contributed by atoms with van der Waals surface area (Å²) in [4.78, 5) is 36.1. The standard InChI is InChI=1S/C37H58N4O6SSi2/c1-23(2)32(30-19-31(42)40-46-30)35(44)41-20-27(47-50(12,13)37(7,8)9)18-29(41)34(43)39-28(21-45-49(10,11)36(4,5)6)25-14-16-26(17-15-25)33-24(3)38-22-48-33/h14-17,19,22-23,27-29,32H,18,20-21H2,1-13H3,(H,39,43)(H,40,42)/t27-,28+,29+,32?/m1/s1. The average Bonchev–Trinajstić information content (AvgIpc) is 3.73. The first-order valence-electron chi connectivity index (χ1n) is 17.6. The molecule has 1 unspecified atom stereocenters.